The van der Waals surface area contributed by atoms with Crippen LogP contribution in [0.1, 0.15) is 25.3 Å². The van der Waals surface area contributed by atoms with Crippen LogP contribution >= 0.6 is 0 Å². The Hall–Kier alpha value is -2.00. The molecule has 1 aliphatic rings. The van der Waals surface area contributed by atoms with Crippen LogP contribution in [0.15, 0.2) is 24.3 Å². The molecule has 1 saturated carbocycles. The van der Waals surface area contributed by atoms with Crippen LogP contribution in [0.3, 0.4) is 0 Å². The molecule has 1 aromatic carbocycles. The molecule has 0 heterocycles. The summed E-state index contributed by atoms with van der Waals surface area (Å²) in [5.74, 6) is 2.47. The smallest absolute Gasteiger partial charge is 0.318 e. The number of rotatable bonds is 5. The lowest BCUT2D eigenvalue weighted by Crippen LogP contribution is -2.46. The van der Waals surface area contributed by atoms with E-state index in [2.05, 4.69) is 11.2 Å². The Morgan fingerprint density at radius 2 is 2.18 bits per heavy atom. The molecule has 6 heteroatoms. The molecule has 0 aromatic heterocycles. The zero-order chi connectivity index (χ0) is 16.3. The second kappa shape index (κ2) is 6.41. The van der Waals surface area contributed by atoms with Crippen molar-refractivity contribution in [2.45, 2.75) is 31.8 Å². The molecule has 0 bridgehead atoms. The molecule has 0 saturated heterocycles. The molecular formula is C16H20N2O3S. The van der Waals surface area contributed by atoms with Gasteiger partial charge in [-0.1, -0.05) is 12.0 Å². The zero-order valence-corrected chi connectivity index (χ0v) is 13.6. The van der Waals surface area contributed by atoms with Gasteiger partial charge in [-0.2, -0.15) is 0 Å². The Labute approximate surface area is 131 Å². The first kappa shape index (κ1) is 16.4. The highest BCUT2D eigenvalue weighted by Gasteiger charge is 2.36. The Morgan fingerprint density at radius 3 is 2.73 bits per heavy atom. The van der Waals surface area contributed by atoms with Gasteiger partial charge in [0.25, 0.3) is 0 Å². The van der Waals surface area contributed by atoms with E-state index in [1.807, 2.05) is 0 Å². The zero-order valence-electron chi connectivity index (χ0n) is 12.7. The standard InChI is InChI=1S/C16H20N2O3S/c1-4-13-6-5-7-14(10-13)17-16(19)18(15-8-9-15)12(2)11-22(3,20)21/h1,5-7,10,12,15H,8-9,11H2,2-3H3,(H,17,19). The summed E-state index contributed by atoms with van der Waals surface area (Å²) in [4.78, 5) is 14.1. The number of terminal acetylenes is 1. The first-order valence-corrected chi connectivity index (χ1v) is 9.20. The molecule has 1 atom stereocenters. The maximum absolute atomic E-state index is 12.5. The number of urea groups is 1. The van der Waals surface area contributed by atoms with E-state index >= 15 is 0 Å². The van der Waals surface area contributed by atoms with Crippen molar-refractivity contribution in [1.82, 2.24) is 4.90 Å². The van der Waals surface area contributed by atoms with E-state index in [0.717, 1.165) is 12.8 Å². The molecule has 1 aliphatic carbocycles. The van der Waals surface area contributed by atoms with Gasteiger partial charge in [0.15, 0.2) is 0 Å². The van der Waals surface area contributed by atoms with Gasteiger partial charge >= 0.3 is 6.03 Å². The number of amides is 2. The van der Waals surface area contributed by atoms with Gasteiger partial charge in [0.2, 0.25) is 0 Å². The molecule has 1 N–H and O–H groups in total. The van der Waals surface area contributed by atoms with Crippen LogP contribution < -0.4 is 5.32 Å². The lowest BCUT2D eigenvalue weighted by atomic mass is 10.2. The van der Waals surface area contributed by atoms with Gasteiger partial charge in [0, 0.05) is 29.6 Å². The van der Waals surface area contributed by atoms with Crippen molar-refractivity contribution in [3.8, 4) is 12.3 Å². The second-order valence-corrected chi connectivity index (χ2v) is 7.92. The van der Waals surface area contributed by atoms with Crippen molar-refractivity contribution < 1.29 is 13.2 Å². The fraction of sp³-hybridized carbons (Fsp3) is 0.438. The van der Waals surface area contributed by atoms with Crippen LogP contribution in [0.2, 0.25) is 0 Å². The molecule has 1 fully saturated rings. The quantitative estimate of drug-likeness (QED) is 0.845. The molecular weight excluding hydrogens is 300 g/mol. The van der Waals surface area contributed by atoms with Gasteiger partial charge in [-0.25, -0.2) is 13.2 Å². The molecule has 118 valence electrons. The van der Waals surface area contributed by atoms with Crippen LogP contribution in [-0.2, 0) is 9.84 Å². The van der Waals surface area contributed by atoms with Gasteiger partial charge in [-0.05, 0) is 38.0 Å². The van der Waals surface area contributed by atoms with E-state index in [9.17, 15) is 13.2 Å². The minimum atomic E-state index is -3.14. The van der Waals surface area contributed by atoms with Crippen LogP contribution in [0.4, 0.5) is 10.5 Å². The fourth-order valence-electron chi connectivity index (χ4n) is 2.47. The van der Waals surface area contributed by atoms with Crippen molar-refractivity contribution in [3.05, 3.63) is 29.8 Å². The average molecular weight is 320 g/mol. The molecule has 0 radical (unpaired) electrons. The Kier molecular flexibility index (Phi) is 4.77. The topological polar surface area (TPSA) is 66.5 Å². The van der Waals surface area contributed by atoms with Crippen molar-refractivity contribution >= 4 is 21.6 Å². The largest absolute Gasteiger partial charge is 0.322 e. The molecule has 2 rings (SSSR count). The summed E-state index contributed by atoms with van der Waals surface area (Å²) in [6, 6.07) is 6.49. The van der Waals surface area contributed by atoms with Crippen molar-refractivity contribution in [2.24, 2.45) is 0 Å². The second-order valence-electron chi connectivity index (χ2n) is 5.74. The van der Waals surface area contributed by atoms with E-state index in [0.29, 0.717) is 11.3 Å². The summed E-state index contributed by atoms with van der Waals surface area (Å²) in [6.45, 7) is 1.76. The first-order chi connectivity index (χ1) is 10.3. The maximum Gasteiger partial charge on any atom is 0.322 e. The number of carbonyl (C=O) groups excluding carboxylic acids is 1. The predicted octanol–water partition coefficient (Wildman–Crippen LogP) is 2.10. The van der Waals surface area contributed by atoms with Crippen molar-refractivity contribution in [3.63, 3.8) is 0 Å². The number of nitrogens with one attached hydrogen (secondary N) is 1. The highest BCUT2D eigenvalue weighted by atomic mass is 32.2. The monoisotopic (exact) mass is 320 g/mol. The molecule has 1 aromatic rings. The van der Waals surface area contributed by atoms with Crippen LogP contribution in [0.5, 0.6) is 0 Å². The summed E-state index contributed by atoms with van der Waals surface area (Å²) >= 11 is 0. The van der Waals surface area contributed by atoms with Gasteiger partial charge in [-0.15, -0.1) is 6.42 Å². The third-order valence-corrected chi connectivity index (χ3v) is 4.56. The number of carbonyl (C=O) groups is 1. The first-order valence-electron chi connectivity index (χ1n) is 7.14. The number of anilines is 1. The number of benzene rings is 1. The van der Waals surface area contributed by atoms with Crippen molar-refractivity contribution in [1.29, 1.82) is 0 Å². The predicted molar refractivity (Wildman–Crippen MR) is 87.4 cm³/mol. The van der Waals surface area contributed by atoms with E-state index in [1.165, 1.54) is 6.26 Å². The van der Waals surface area contributed by atoms with Gasteiger partial charge in [-0.3, -0.25) is 0 Å². The molecule has 22 heavy (non-hydrogen) atoms. The van der Waals surface area contributed by atoms with E-state index in [-0.39, 0.29) is 23.9 Å². The highest BCUT2D eigenvalue weighted by molar-refractivity contribution is 7.90. The Bertz CT molecular complexity index is 702. The lowest BCUT2D eigenvalue weighted by molar-refractivity contribution is 0.194. The van der Waals surface area contributed by atoms with E-state index in [4.69, 9.17) is 6.42 Å². The summed E-state index contributed by atoms with van der Waals surface area (Å²) in [7, 11) is -3.14. The number of sulfone groups is 1. The van der Waals surface area contributed by atoms with Gasteiger partial charge in [0.05, 0.1) is 5.75 Å². The molecule has 1 unspecified atom stereocenters. The molecule has 5 nitrogen and oxygen atoms in total. The van der Waals surface area contributed by atoms with Gasteiger partial charge < -0.3 is 10.2 Å². The average Bonchev–Trinajstić information content (AvgIpc) is 3.21. The maximum atomic E-state index is 12.5. The van der Waals surface area contributed by atoms with Crippen LogP contribution in [-0.4, -0.2) is 43.4 Å². The summed E-state index contributed by atoms with van der Waals surface area (Å²) in [5.41, 5.74) is 1.29. The summed E-state index contributed by atoms with van der Waals surface area (Å²) < 4.78 is 22.9. The fourth-order valence-corrected chi connectivity index (χ4v) is 3.51. The molecule has 2 amide bonds. The van der Waals surface area contributed by atoms with Crippen LogP contribution in [0.25, 0.3) is 0 Å². The Morgan fingerprint density at radius 1 is 1.50 bits per heavy atom. The SMILES string of the molecule is C#Cc1cccc(NC(=O)N(C(C)CS(C)(=O)=O)C2CC2)c1. The van der Waals surface area contributed by atoms with Crippen LogP contribution in [0, 0.1) is 12.3 Å². The van der Waals surface area contributed by atoms with Gasteiger partial charge in [0.1, 0.15) is 9.84 Å². The molecule has 0 spiro atoms. The normalized spacial score (nSPS) is 15.7. The minimum absolute atomic E-state index is 0.0404. The number of hydrogen-bond donors (Lipinski definition) is 1. The van der Waals surface area contributed by atoms with E-state index < -0.39 is 9.84 Å². The third kappa shape index (κ3) is 4.50. The summed E-state index contributed by atoms with van der Waals surface area (Å²) in [6.07, 6.45) is 8.35. The minimum Gasteiger partial charge on any atom is -0.318 e. The summed E-state index contributed by atoms with van der Waals surface area (Å²) in [5, 5.41) is 2.80. The molecule has 0 aliphatic heterocycles. The third-order valence-electron chi connectivity index (χ3n) is 3.47. The van der Waals surface area contributed by atoms with E-state index in [1.54, 1.807) is 36.1 Å². The number of hydrogen-bond acceptors (Lipinski definition) is 3. The number of nitrogens with zero attached hydrogens (tertiary/aromatic N) is 1. The van der Waals surface area contributed by atoms with Crippen molar-refractivity contribution in [2.75, 3.05) is 17.3 Å². The Balaban J connectivity index is 2.11. The highest BCUT2D eigenvalue weighted by Crippen LogP contribution is 2.29. The lowest BCUT2D eigenvalue weighted by Gasteiger charge is -2.29.